The molecule has 0 N–H and O–H groups in total. The summed E-state index contributed by atoms with van der Waals surface area (Å²) >= 11 is 0. The Morgan fingerprint density at radius 1 is 0.397 bits per heavy atom. The summed E-state index contributed by atoms with van der Waals surface area (Å²) in [5, 5.41) is 2.80. The van der Waals surface area contributed by atoms with E-state index < -0.39 is 36.2 Å². The van der Waals surface area contributed by atoms with Gasteiger partial charge >= 0.3 is 36.2 Å². The quantitative estimate of drug-likeness (QED) is 0.0206. The van der Waals surface area contributed by atoms with Crippen LogP contribution in [-0.2, 0) is 28.5 Å². The lowest BCUT2D eigenvalue weighted by Crippen LogP contribution is -2.12. The molecule has 0 heterocycles. The Balaban J connectivity index is 1.06. The smallest absolute Gasteiger partial charge is 0.463 e. The van der Waals surface area contributed by atoms with Crippen LogP contribution in [0, 0.1) is 0 Å². The molecule has 0 radical (unpaired) electrons. The third-order valence-electron chi connectivity index (χ3n) is 8.08. The molecule has 58 heavy (non-hydrogen) atoms. The van der Waals surface area contributed by atoms with E-state index in [1.165, 1.54) is 24.3 Å². The largest absolute Gasteiger partial charge is 0.513 e. The summed E-state index contributed by atoms with van der Waals surface area (Å²) in [5.74, 6) is -1.29. The van der Waals surface area contributed by atoms with E-state index in [4.69, 9.17) is 37.9 Å². The van der Waals surface area contributed by atoms with Gasteiger partial charge in [0.05, 0.1) is 37.6 Å². The highest BCUT2D eigenvalue weighted by Crippen LogP contribution is 2.26. The van der Waals surface area contributed by atoms with Gasteiger partial charge in [-0.1, -0.05) is 37.4 Å². The minimum Gasteiger partial charge on any atom is -0.463 e. The van der Waals surface area contributed by atoms with Gasteiger partial charge in [-0.05, 0) is 120 Å². The number of carbonyl (C=O) groups is 6. The molecule has 0 atom stereocenters. The maximum Gasteiger partial charge on any atom is 0.513 e. The topological polar surface area (TPSA) is 176 Å². The van der Waals surface area contributed by atoms with E-state index in [-0.39, 0.29) is 60.6 Å². The van der Waals surface area contributed by atoms with Gasteiger partial charge in [0, 0.05) is 12.2 Å². The van der Waals surface area contributed by atoms with Gasteiger partial charge in [0.1, 0.15) is 23.0 Å². The Labute approximate surface area is 332 Å². The molecule has 5 aromatic carbocycles. The number of fused-ring (bicyclic) bond motifs is 2. The number of esters is 4. The number of unbranched alkanes of at least 4 members (excludes halogenated alkanes) is 2. The average molecular weight is 791 g/mol. The second kappa shape index (κ2) is 21.0. The van der Waals surface area contributed by atoms with Crippen molar-refractivity contribution in [3.8, 4) is 23.0 Å². The van der Waals surface area contributed by atoms with Crippen molar-refractivity contribution < 1.29 is 66.7 Å². The van der Waals surface area contributed by atoms with E-state index in [1.807, 2.05) is 0 Å². The van der Waals surface area contributed by atoms with E-state index in [0.717, 1.165) is 12.2 Å². The first-order valence-corrected chi connectivity index (χ1v) is 18.0. The normalized spacial score (nSPS) is 10.5. The van der Waals surface area contributed by atoms with E-state index >= 15 is 0 Å². The van der Waals surface area contributed by atoms with Gasteiger partial charge in [0.25, 0.3) is 0 Å². The zero-order valence-electron chi connectivity index (χ0n) is 31.2. The van der Waals surface area contributed by atoms with Crippen molar-refractivity contribution in [3.63, 3.8) is 0 Å². The van der Waals surface area contributed by atoms with Gasteiger partial charge in [-0.3, -0.25) is 0 Å². The zero-order chi connectivity index (χ0) is 41.3. The molecule has 0 aliphatic rings. The number of carbonyl (C=O) groups excluding carboxylic acids is 6. The zero-order valence-corrected chi connectivity index (χ0v) is 31.2. The molecule has 0 fully saturated rings. The second-order valence-electron chi connectivity index (χ2n) is 12.3. The molecule has 0 spiro atoms. The molecule has 14 heteroatoms. The summed E-state index contributed by atoms with van der Waals surface area (Å²) in [6.07, 6.45) is 2.37. The first-order chi connectivity index (χ1) is 28.1. The van der Waals surface area contributed by atoms with Gasteiger partial charge in [0.2, 0.25) is 0 Å². The van der Waals surface area contributed by atoms with Crippen LogP contribution >= 0.6 is 0 Å². The predicted molar refractivity (Wildman–Crippen MR) is 209 cm³/mol. The summed E-state index contributed by atoms with van der Waals surface area (Å²) < 4.78 is 41.4. The molecule has 5 aromatic rings. The number of hydrogen-bond donors (Lipinski definition) is 0. The molecule has 0 saturated heterocycles. The first kappa shape index (κ1) is 41.7. The van der Waals surface area contributed by atoms with Gasteiger partial charge in [0.15, 0.2) is 0 Å². The van der Waals surface area contributed by atoms with E-state index in [1.54, 1.807) is 72.8 Å². The van der Waals surface area contributed by atoms with Crippen molar-refractivity contribution in [1.82, 2.24) is 0 Å². The van der Waals surface area contributed by atoms with Crippen LogP contribution < -0.4 is 18.9 Å². The lowest BCUT2D eigenvalue weighted by atomic mass is 10.1. The van der Waals surface area contributed by atoms with E-state index in [2.05, 4.69) is 13.2 Å². The average Bonchev–Trinajstić information content (AvgIpc) is 3.23. The standard InChI is InChI=1S/C44H38O14/c1-3-39(45)51-21-5-7-23-53-43(49)57-37-15-13-29-25-33(11-9-31(29)27-37)41(47)55-35-17-19-36(20-18-35)56-42(48)34-12-10-32-28-38(16-14-30(32)26-34)58-44(50)54-24-8-6-22-52-40(46)4-2/h3-4,9-20,25-28H,1-2,5-8,21-24H2. The molecule has 0 unspecified atom stereocenters. The van der Waals surface area contributed by atoms with Crippen LogP contribution in [0.2, 0.25) is 0 Å². The van der Waals surface area contributed by atoms with Crippen molar-refractivity contribution in [2.75, 3.05) is 26.4 Å². The molecule has 0 aliphatic heterocycles. The second-order valence-corrected chi connectivity index (χ2v) is 12.3. The van der Waals surface area contributed by atoms with Crippen LogP contribution in [0.4, 0.5) is 9.59 Å². The maximum absolute atomic E-state index is 12.9. The number of rotatable bonds is 18. The van der Waals surface area contributed by atoms with Gasteiger partial charge in [-0.25, -0.2) is 28.8 Å². The molecule has 5 rings (SSSR count). The Morgan fingerprint density at radius 3 is 1.10 bits per heavy atom. The van der Waals surface area contributed by atoms with E-state index in [9.17, 15) is 28.8 Å². The fraction of sp³-hybridized carbons (Fsp3) is 0.182. The fourth-order valence-corrected chi connectivity index (χ4v) is 5.17. The minimum absolute atomic E-state index is 0.0921. The molecule has 0 saturated carbocycles. The molecule has 14 nitrogen and oxygen atoms in total. The third kappa shape index (κ3) is 12.8. The highest BCUT2D eigenvalue weighted by Gasteiger charge is 2.14. The maximum atomic E-state index is 12.9. The first-order valence-electron chi connectivity index (χ1n) is 18.0. The summed E-state index contributed by atoms with van der Waals surface area (Å²) in [4.78, 5) is 72.1. The van der Waals surface area contributed by atoms with Crippen molar-refractivity contribution in [2.24, 2.45) is 0 Å². The van der Waals surface area contributed by atoms with Crippen LogP contribution in [0.1, 0.15) is 46.4 Å². The monoisotopic (exact) mass is 790 g/mol. The van der Waals surface area contributed by atoms with Crippen molar-refractivity contribution in [3.05, 3.63) is 133 Å². The molecular formula is C44H38O14. The third-order valence-corrected chi connectivity index (χ3v) is 8.08. The predicted octanol–water partition coefficient (Wildman–Crippen LogP) is 8.48. The Kier molecular flexibility index (Phi) is 15.1. The SMILES string of the molecule is C=CC(=O)OCCCCOC(=O)Oc1ccc2cc(C(=O)Oc3ccc(OC(=O)c4ccc5cc(OC(=O)OCCCCOC(=O)C=C)ccc5c4)cc3)ccc2c1. The van der Waals surface area contributed by atoms with Gasteiger partial charge in [-0.2, -0.15) is 0 Å². The molecule has 298 valence electrons. The highest BCUT2D eigenvalue weighted by molar-refractivity contribution is 5.98. The molecule has 0 bridgehead atoms. The van der Waals surface area contributed by atoms with Crippen LogP contribution in [0.3, 0.4) is 0 Å². The summed E-state index contributed by atoms with van der Waals surface area (Å²) in [7, 11) is 0. The van der Waals surface area contributed by atoms with Gasteiger partial charge in [-0.15, -0.1) is 0 Å². The molecule has 0 aromatic heterocycles. The van der Waals surface area contributed by atoms with Crippen LogP contribution in [-0.4, -0.2) is 62.6 Å². The van der Waals surface area contributed by atoms with Crippen LogP contribution in [0.5, 0.6) is 23.0 Å². The highest BCUT2D eigenvalue weighted by atomic mass is 16.7. The Hall–Kier alpha value is -7.48. The molecule has 0 amide bonds. The van der Waals surface area contributed by atoms with Crippen LogP contribution in [0.25, 0.3) is 21.5 Å². The van der Waals surface area contributed by atoms with Crippen LogP contribution in [0.15, 0.2) is 122 Å². The lowest BCUT2D eigenvalue weighted by Gasteiger charge is -2.09. The summed E-state index contributed by atoms with van der Waals surface area (Å²) in [6, 6.07) is 25.6. The fourth-order valence-electron chi connectivity index (χ4n) is 5.17. The Bertz CT molecular complexity index is 2150. The van der Waals surface area contributed by atoms with Crippen molar-refractivity contribution in [1.29, 1.82) is 0 Å². The minimum atomic E-state index is -0.877. The summed E-state index contributed by atoms with van der Waals surface area (Å²) in [6.45, 7) is 7.19. The van der Waals surface area contributed by atoms with E-state index in [0.29, 0.717) is 47.2 Å². The van der Waals surface area contributed by atoms with Crippen molar-refractivity contribution in [2.45, 2.75) is 25.7 Å². The molecule has 0 aliphatic carbocycles. The lowest BCUT2D eigenvalue weighted by molar-refractivity contribution is -0.138. The Morgan fingerprint density at radius 2 is 0.724 bits per heavy atom. The number of hydrogen-bond acceptors (Lipinski definition) is 14. The summed E-state index contributed by atoms with van der Waals surface area (Å²) in [5.41, 5.74) is 0.560. The van der Waals surface area contributed by atoms with Crippen molar-refractivity contribution >= 4 is 57.7 Å². The van der Waals surface area contributed by atoms with Gasteiger partial charge < -0.3 is 37.9 Å². The molecular weight excluding hydrogens is 752 g/mol. The number of ether oxygens (including phenoxy) is 8. The number of benzene rings is 5.